The summed E-state index contributed by atoms with van der Waals surface area (Å²) in [6.45, 7) is 9.81. The van der Waals surface area contributed by atoms with Crippen LogP contribution < -0.4 is 5.73 Å². The minimum atomic E-state index is -0.275. The summed E-state index contributed by atoms with van der Waals surface area (Å²) in [4.78, 5) is 11.9. The lowest BCUT2D eigenvalue weighted by Gasteiger charge is -2.17. The van der Waals surface area contributed by atoms with E-state index in [1.165, 1.54) is 0 Å². The second-order valence-electron chi connectivity index (χ2n) is 5.49. The molecule has 0 unspecified atom stereocenters. The smallest absolute Gasteiger partial charge is 0.142 e. The zero-order chi connectivity index (χ0) is 12.5. The van der Waals surface area contributed by atoms with Crippen LogP contribution in [-0.2, 0) is 11.2 Å². The molecule has 0 fully saturated rings. The molecule has 0 spiro atoms. The van der Waals surface area contributed by atoms with Crippen LogP contribution in [0.1, 0.15) is 37.5 Å². The van der Waals surface area contributed by atoms with Crippen LogP contribution in [0.5, 0.6) is 0 Å². The molecule has 0 atom stereocenters. The van der Waals surface area contributed by atoms with Crippen LogP contribution in [0, 0.1) is 19.3 Å². The van der Waals surface area contributed by atoms with Crippen molar-refractivity contribution in [3.05, 3.63) is 28.8 Å². The SMILES string of the molecule is Cc1cc(CC(=O)C(C)(C)C)cc(C)c1N. The van der Waals surface area contributed by atoms with Crippen molar-refractivity contribution in [3.8, 4) is 0 Å². The maximum Gasteiger partial charge on any atom is 0.142 e. The van der Waals surface area contributed by atoms with Crippen molar-refractivity contribution in [3.63, 3.8) is 0 Å². The van der Waals surface area contributed by atoms with Crippen LogP contribution in [0.15, 0.2) is 12.1 Å². The average Bonchev–Trinajstić information content (AvgIpc) is 2.12. The monoisotopic (exact) mass is 219 g/mol. The quantitative estimate of drug-likeness (QED) is 0.777. The number of carbonyl (C=O) groups is 1. The van der Waals surface area contributed by atoms with Gasteiger partial charge in [0.25, 0.3) is 0 Å². The molecule has 88 valence electrons. The van der Waals surface area contributed by atoms with Gasteiger partial charge in [0, 0.05) is 17.5 Å². The van der Waals surface area contributed by atoms with Gasteiger partial charge in [-0.1, -0.05) is 32.9 Å². The van der Waals surface area contributed by atoms with E-state index in [1.807, 2.05) is 46.8 Å². The predicted molar refractivity (Wildman–Crippen MR) is 68.5 cm³/mol. The summed E-state index contributed by atoms with van der Waals surface area (Å²) in [5.74, 6) is 0.260. The number of benzene rings is 1. The molecule has 0 bridgehead atoms. The van der Waals surface area contributed by atoms with Gasteiger partial charge >= 0.3 is 0 Å². The predicted octanol–water partition coefficient (Wildman–Crippen LogP) is 3.04. The molecular weight excluding hydrogens is 198 g/mol. The Kier molecular flexibility index (Phi) is 3.41. The van der Waals surface area contributed by atoms with Crippen molar-refractivity contribution in [1.82, 2.24) is 0 Å². The first kappa shape index (κ1) is 12.8. The minimum Gasteiger partial charge on any atom is -0.398 e. The summed E-state index contributed by atoms with van der Waals surface area (Å²) < 4.78 is 0. The Bertz CT molecular complexity index is 390. The number of Topliss-reactive ketones (excluding diaryl/α,β-unsaturated/α-hetero) is 1. The van der Waals surface area contributed by atoms with Crippen molar-refractivity contribution in [2.45, 2.75) is 41.0 Å². The van der Waals surface area contributed by atoms with E-state index >= 15 is 0 Å². The number of hydrogen-bond acceptors (Lipinski definition) is 2. The van der Waals surface area contributed by atoms with E-state index in [0.717, 1.165) is 22.4 Å². The van der Waals surface area contributed by atoms with E-state index in [2.05, 4.69) is 0 Å². The van der Waals surface area contributed by atoms with Crippen LogP contribution >= 0.6 is 0 Å². The molecule has 1 aromatic carbocycles. The van der Waals surface area contributed by atoms with Crippen molar-refractivity contribution >= 4 is 11.5 Å². The van der Waals surface area contributed by atoms with Crippen LogP contribution in [0.2, 0.25) is 0 Å². The molecule has 0 heterocycles. The van der Waals surface area contributed by atoms with E-state index in [1.54, 1.807) is 0 Å². The number of ketones is 1. The lowest BCUT2D eigenvalue weighted by molar-refractivity contribution is -0.125. The van der Waals surface area contributed by atoms with Gasteiger partial charge in [0.05, 0.1) is 0 Å². The molecule has 2 N–H and O–H groups in total. The second-order valence-corrected chi connectivity index (χ2v) is 5.49. The number of anilines is 1. The van der Waals surface area contributed by atoms with Crippen LogP contribution in [0.25, 0.3) is 0 Å². The summed E-state index contributed by atoms with van der Waals surface area (Å²) in [6, 6.07) is 4.01. The van der Waals surface area contributed by atoms with E-state index in [4.69, 9.17) is 5.73 Å². The first-order valence-electron chi connectivity index (χ1n) is 5.60. The van der Waals surface area contributed by atoms with Gasteiger partial charge in [-0.15, -0.1) is 0 Å². The van der Waals surface area contributed by atoms with Crippen molar-refractivity contribution in [2.75, 3.05) is 5.73 Å². The highest BCUT2D eigenvalue weighted by Gasteiger charge is 2.21. The zero-order valence-corrected chi connectivity index (χ0v) is 10.8. The molecule has 0 aromatic heterocycles. The third-order valence-corrected chi connectivity index (χ3v) is 2.85. The average molecular weight is 219 g/mol. The molecule has 0 aliphatic heterocycles. The fraction of sp³-hybridized carbons (Fsp3) is 0.500. The normalized spacial score (nSPS) is 11.6. The molecule has 2 heteroatoms. The second kappa shape index (κ2) is 4.28. The van der Waals surface area contributed by atoms with Gasteiger partial charge in [-0.05, 0) is 30.5 Å². The zero-order valence-electron chi connectivity index (χ0n) is 10.8. The Hall–Kier alpha value is -1.31. The number of hydrogen-bond donors (Lipinski definition) is 1. The molecule has 0 aliphatic rings. The van der Waals surface area contributed by atoms with Gasteiger partial charge in [0.15, 0.2) is 0 Å². The van der Waals surface area contributed by atoms with Gasteiger partial charge < -0.3 is 5.73 Å². The van der Waals surface area contributed by atoms with E-state index in [-0.39, 0.29) is 11.2 Å². The van der Waals surface area contributed by atoms with Gasteiger partial charge in [0.2, 0.25) is 0 Å². The highest BCUT2D eigenvalue weighted by Crippen LogP contribution is 2.22. The molecule has 0 radical (unpaired) electrons. The first-order chi connectivity index (χ1) is 7.21. The topological polar surface area (TPSA) is 43.1 Å². The Morgan fingerprint density at radius 3 is 2.00 bits per heavy atom. The number of carbonyl (C=O) groups excluding carboxylic acids is 1. The third kappa shape index (κ3) is 2.84. The lowest BCUT2D eigenvalue weighted by Crippen LogP contribution is -2.22. The Morgan fingerprint density at radius 1 is 1.19 bits per heavy atom. The maximum atomic E-state index is 11.9. The number of nitrogens with two attached hydrogens (primary N) is 1. The molecule has 0 aliphatic carbocycles. The third-order valence-electron chi connectivity index (χ3n) is 2.85. The van der Waals surface area contributed by atoms with Crippen LogP contribution in [-0.4, -0.2) is 5.78 Å². The molecular formula is C14H21NO. The summed E-state index contributed by atoms with van der Waals surface area (Å²) in [6.07, 6.45) is 0.492. The molecule has 2 nitrogen and oxygen atoms in total. The van der Waals surface area contributed by atoms with Gasteiger partial charge in [0.1, 0.15) is 5.78 Å². The number of nitrogen functional groups attached to an aromatic ring is 1. The van der Waals surface area contributed by atoms with E-state index < -0.39 is 0 Å². The minimum absolute atomic E-state index is 0.260. The van der Waals surface area contributed by atoms with E-state index in [9.17, 15) is 4.79 Å². The highest BCUT2D eigenvalue weighted by molar-refractivity contribution is 5.86. The lowest BCUT2D eigenvalue weighted by atomic mass is 9.86. The molecule has 1 rings (SSSR count). The standard InChI is InChI=1S/C14H21NO/c1-9-6-11(7-10(2)13(9)15)8-12(16)14(3,4)5/h6-7H,8,15H2,1-5H3. The molecule has 0 amide bonds. The van der Waals surface area contributed by atoms with Crippen molar-refractivity contribution < 1.29 is 4.79 Å². The first-order valence-corrected chi connectivity index (χ1v) is 5.60. The number of rotatable bonds is 2. The highest BCUT2D eigenvalue weighted by atomic mass is 16.1. The summed E-state index contributed by atoms with van der Waals surface area (Å²) in [5, 5.41) is 0. The molecule has 1 aromatic rings. The molecule has 0 saturated carbocycles. The van der Waals surface area contributed by atoms with Gasteiger partial charge in [-0.25, -0.2) is 0 Å². The van der Waals surface area contributed by atoms with Crippen LogP contribution in [0.4, 0.5) is 5.69 Å². The fourth-order valence-corrected chi connectivity index (χ4v) is 1.62. The molecule has 0 saturated heterocycles. The van der Waals surface area contributed by atoms with Crippen LogP contribution in [0.3, 0.4) is 0 Å². The van der Waals surface area contributed by atoms with Gasteiger partial charge in [-0.2, -0.15) is 0 Å². The number of aryl methyl sites for hydroxylation is 2. The maximum absolute atomic E-state index is 11.9. The van der Waals surface area contributed by atoms with E-state index in [0.29, 0.717) is 6.42 Å². The molecule has 16 heavy (non-hydrogen) atoms. The Labute approximate surface area is 97.9 Å². The Morgan fingerprint density at radius 2 is 1.62 bits per heavy atom. The summed E-state index contributed by atoms with van der Waals surface area (Å²) in [7, 11) is 0. The summed E-state index contributed by atoms with van der Waals surface area (Å²) in [5.41, 5.74) is 9.60. The van der Waals surface area contributed by atoms with Gasteiger partial charge in [-0.3, -0.25) is 4.79 Å². The Balaban J connectivity index is 2.96. The fourth-order valence-electron chi connectivity index (χ4n) is 1.62. The van der Waals surface area contributed by atoms with Crippen molar-refractivity contribution in [2.24, 2.45) is 5.41 Å². The largest absolute Gasteiger partial charge is 0.398 e. The summed E-state index contributed by atoms with van der Waals surface area (Å²) >= 11 is 0. The van der Waals surface area contributed by atoms with Crippen molar-refractivity contribution in [1.29, 1.82) is 0 Å².